The number of thioether (sulfide) groups is 1. The van der Waals surface area contributed by atoms with E-state index in [4.69, 9.17) is 13.6 Å². The number of hydrogen-bond acceptors (Lipinski definition) is 8. The minimum Gasteiger partial charge on any atom is -0.497 e. The number of carbonyl (C=O) groups is 1. The molecule has 4 rings (SSSR count). The van der Waals surface area contributed by atoms with Crippen molar-refractivity contribution in [3.8, 4) is 28.7 Å². The number of nitrogens with zero attached hydrogens (tertiary/aromatic N) is 3. The topological polar surface area (TPSA) is 103 Å². The first kappa shape index (κ1) is 19.7. The van der Waals surface area contributed by atoms with Crippen molar-refractivity contribution in [2.45, 2.75) is 17.3 Å². The van der Waals surface area contributed by atoms with Gasteiger partial charge in [-0.25, -0.2) is 4.98 Å². The number of carbonyl (C=O) groups excluding carboxylic acids is 1. The maximum Gasteiger partial charge on any atom is 0.237 e. The van der Waals surface area contributed by atoms with Crippen LogP contribution in [-0.4, -0.2) is 33.4 Å². The van der Waals surface area contributed by atoms with Gasteiger partial charge in [-0.1, -0.05) is 17.8 Å². The van der Waals surface area contributed by atoms with Gasteiger partial charge in [-0.2, -0.15) is 0 Å². The molecule has 0 bridgehead atoms. The van der Waals surface area contributed by atoms with E-state index in [0.717, 1.165) is 0 Å². The molecule has 4 aromatic rings. The van der Waals surface area contributed by atoms with Crippen molar-refractivity contribution in [2.24, 2.45) is 0 Å². The number of aromatic nitrogens is 3. The molecule has 3 aromatic heterocycles. The minimum absolute atomic E-state index is 0.188. The lowest BCUT2D eigenvalue weighted by molar-refractivity contribution is -0.115. The van der Waals surface area contributed by atoms with Crippen molar-refractivity contribution in [3.63, 3.8) is 0 Å². The van der Waals surface area contributed by atoms with Crippen molar-refractivity contribution in [1.82, 2.24) is 15.2 Å². The molecule has 1 N–H and O–H groups in total. The third-order valence-corrected chi connectivity index (χ3v) is 5.12. The molecule has 8 nitrogen and oxygen atoms in total. The van der Waals surface area contributed by atoms with E-state index in [-0.39, 0.29) is 5.91 Å². The molecule has 1 amide bonds. The van der Waals surface area contributed by atoms with Crippen LogP contribution in [0.25, 0.3) is 22.9 Å². The van der Waals surface area contributed by atoms with Crippen molar-refractivity contribution in [1.29, 1.82) is 0 Å². The van der Waals surface area contributed by atoms with E-state index in [9.17, 15) is 4.79 Å². The number of amides is 1. The minimum atomic E-state index is -0.461. The second-order valence-corrected chi connectivity index (χ2v) is 7.54. The summed E-state index contributed by atoms with van der Waals surface area (Å²) < 4.78 is 16.1. The third-order valence-electron chi connectivity index (χ3n) is 4.17. The van der Waals surface area contributed by atoms with Crippen molar-refractivity contribution in [2.75, 3.05) is 12.4 Å². The number of benzene rings is 1. The van der Waals surface area contributed by atoms with E-state index in [0.29, 0.717) is 39.5 Å². The molecule has 9 heteroatoms. The van der Waals surface area contributed by atoms with Gasteiger partial charge in [0.1, 0.15) is 11.4 Å². The number of rotatable bonds is 7. The van der Waals surface area contributed by atoms with Crippen molar-refractivity contribution < 1.29 is 18.4 Å². The molecule has 0 spiro atoms. The fraction of sp³-hybridized carbons (Fsp3) is 0.143. The molecule has 30 heavy (non-hydrogen) atoms. The van der Waals surface area contributed by atoms with Gasteiger partial charge in [0.05, 0.1) is 24.9 Å². The molecular formula is C21H18N4O4S. The predicted molar refractivity (Wildman–Crippen MR) is 112 cm³/mol. The molecule has 0 saturated heterocycles. The van der Waals surface area contributed by atoms with E-state index in [2.05, 4.69) is 20.5 Å². The van der Waals surface area contributed by atoms with Crippen LogP contribution in [0.5, 0.6) is 5.75 Å². The molecule has 0 aliphatic carbocycles. The van der Waals surface area contributed by atoms with Crippen LogP contribution < -0.4 is 10.1 Å². The summed E-state index contributed by atoms with van der Waals surface area (Å²) in [6, 6.07) is 14.2. The second kappa shape index (κ2) is 8.83. The second-order valence-electron chi connectivity index (χ2n) is 6.23. The maximum atomic E-state index is 12.6. The quantitative estimate of drug-likeness (QED) is 0.434. The van der Waals surface area contributed by atoms with Crippen LogP contribution in [0.4, 0.5) is 5.69 Å². The van der Waals surface area contributed by atoms with Gasteiger partial charge in [-0.3, -0.25) is 4.79 Å². The number of anilines is 1. The van der Waals surface area contributed by atoms with Gasteiger partial charge >= 0.3 is 0 Å². The number of furan rings is 2. The summed E-state index contributed by atoms with van der Waals surface area (Å²) in [5, 5.41) is 11.2. The number of ether oxygens (including phenoxy) is 1. The Hall–Kier alpha value is -3.59. The lowest BCUT2D eigenvalue weighted by Gasteiger charge is -2.12. The van der Waals surface area contributed by atoms with Crippen LogP contribution in [0.1, 0.15) is 6.92 Å². The summed E-state index contributed by atoms with van der Waals surface area (Å²) >= 11 is 1.20. The zero-order valence-electron chi connectivity index (χ0n) is 16.2. The molecule has 0 saturated carbocycles. The van der Waals surface area contributed by atoms with E-state index in [1.54, 1.807) is 63.0 Å². The van der Waals surface area contributed by atoms with Crippen LogP contribution in [-0.2, 0) is 4.79 Å². The molecule has 0 fully saturated rings. The SMILES string of the molecule is COc1cccc(NC(=O)C(C)Sc2nnc(-c3ccco3)c(-c3ccco3)n2)c1. The van der Waals surface area contributed by atoms with Gasteiger partial charge in [0.2, 0.25) is 11.1 Å². The van der Waals surface area contributed by atoms with Gasteiger partial charge in [-0.05, 0) is 43.3 Å². The van der Waals surface area contributed by atoms with Gasteiger partial charge in [-0.15, -0.1) is 10.2 Å². The summed E-state index contributed by atoms with van der Waals surface area (Å²) in [5.74, 6) is 1.54. The third kappa shape index (κ3) is 4.36. The first-order valence-corrected chi connectivity index (χ1v) is 9.96. The summed E-state index contributed by atoms with van der Waals surface area (Å²) in [4.78, 5) is 17.2. The molecule has 152 valence electrons. The van der Waals surface area contributed by atoms with Crippen LogP contribution in [0, 0.1) is 0 Å². The molecular weight excluding hydrogens is 404 g/mol. The zero-order chi connectivity index (χ0) is 20.9. The Morgan fingerprint density at radius 1 is 1.03 bits per heavy atom. The number of nitrogens with one attached hydrogen (secondary N) is 1. The Labute approximate surface area is 176 Å². The first-order valence-electron chi connectivity index (χ1n) is 9.08. The lowest BCUT2D eigenvalue weighted by Crippen LogP contribution is -2.22. The molecule has 3 heterocycles. The first-order chi connectivity index (χ1) is 14.6. The molecule has 0 radical (unpaired) electrons. The maximum absolute atomic E-state index is 12.6. The fourth-order valence-corrected chi connectivity index (χ4v) is 3.40. The van der Waals surface area contributed by atoms with Gasteiger partial charge < -0.3 is 18.9 Å². The van der Waals surface area contributed by atoms with Gasteiger partial charge in [0.25, 0.3) is 0 Å². The smallest absolute Gasteiger partial charge is 0.237 e. The van der Waals surface area contributed by atoms with Crippen LogP contribution >= 0.6 is 11.8 Å². The number of methoxy groups -OCH3 is 1. The largest absolute Gasteiger partial charge is 0.497 e. The highest BCUT2D eigenvalue weighted by molar-refractivity contribution is 8.00. The Morgan fingerprint density at radius 3 is 2.43 bits per heavy atom. The summed E-state index contributed by atoms with van der Waals surface area (Å²) in [6.07, 6.45) is 3.11. The molecule has 0 aliphatic heterocycles. The highest BCUT2D eigenvalue weighted by Crippen LogP contribution is 2.31. The van der Waals surface area contributed by atoms with Gasteiger partial charge in [0, 0.05) is 11.8 Å². The Bertz CT molecular complexity index is 1130. The van der Waals surface area contributed by atoms with E-state index in [1.165, 1.54) is 11.8 Å². The monoisotopic (exact) mass is 422 g/mol. The lowest BCUT2D eigenvalue weighted by atomic mass is 10.2. The van der Waals surface area contributed by atoms with Crippen LogP contribution in [0.2, 0.25) is 0 Å². The van der Waals surface area contributed by atoms with Gasteiger partial charge in [0.15, 0.2) is 17.2 Å². The van der Waals surface area contributed by atoms with Crippen LogP contribution in [0.15, 0.2) is 75.0 Å². The van der Waals surface area contributed by atoms with Crippen molar-refractivity contribution in [3.05, 3.63) is 61.1 Å². The Morgan fingerprint density at radius 2 is 1.77 bits per heavy atom. The zero-order valence-corrected chi connectivity index (χ0v) is 17.1. The standard InChI is InChI=1S/C21H18N4O4S/c1-13(20(26)22-14-6-3-7-15(12-14)27-2)30-21-23-18(16-8-4-10-28-16)19(24-25-21)17-9-5-11-29-17/h3-13H,1-2H3,(H,22,26). The molecule has 1 aromatic carbocycles. The van der Waals surface area contributed by atoms with E-state index < -0.39 is 5.25 Å². The average molecular weight is 422 g/mol. The summed E-state index contributed by atoms with van der Waals surface area (Å²) in [5.41, 5.74) is 1.61. The Balaban J connectivity index is 1.54. The van der Waals surface area contributed by atoms with Crippen LogP contribution in [0.3, 0.4) is 0 Å². The van der Waals surface area contributed by atoms with E-state index in [1.807, 2.05) is 12.1 Å². The number of hydrogen-bond donors (Lipinski definition) is 1. The fourth-order valence-electron chi connectivity index (χ4n) is 2.68. The molecule has 0 aliphatic rings. The predicted octanol–water partition coefficient (Wildman–Crippen LogP) is 4.52. The van der Waals surface area contributed by atoms with E-state index >= 15 is 0 Å². The molecule has 1 atom stereocenters. The summed E-state index contributed by atoms with van der Waals surface area (Å²) in [7, 11) is 1.58. The highest BCUT2D eigenvalue weighted by Gasteiger charge is 2.21. The Kier molecular flexibility index (Phi) is 5.80. The van der Waals surface area contributed by atoms with Crippen molar-refractivity contribution >= 4 is 23.4 Å². The summed E-state index contributed by atoms with van der Waals surface area (Å²) in [6.45, 7) is 1.77. The highest BCUT2D eigenvalue weighted by atomic mass is 32.2. The average Bonchev–Trinajstić information content (AvgIpc) is 3.48. The molecule has 1 unspecified atom stereocenters. The normalized spacial score (nSPS) is 11.8.